The molecule has 0 spiro atoms. The van der Waals surface area contributed by atoms with Gasteiger partial charge in [-0.05, 0) is 12.8 Å². The molecule has 19 heavy (non-hydrogen) atoms. The third kappa shape index (κ3) is 5.28. The number of amides is 2. The van der Waals surface area contributed by atoms with Crippen LogP contribution in [0.3, 0.4) is 0 Å². The molecule has 1 heterocycles. The number of carbonyl (C=O) groups is 3. The van der Waals surface area contributed by atoms with Crippen LogP contribution < -0.4 is 5.32 Å². The van der Waals surface area contributed by atoms with Crippen LogP contribution in [-0.2, 0) is 14.4 Å². The monoisotopic (exact) mass is 270 g/mol. The van der Waals surface area contributed by atoms with Crippen molar-refractivity contribution >= 4 is 17.8 Å². The first-order chi connectivity index (χ1) is 8.90. The molecule has 2 amide bonds. The first-order valence-corrected chi connectivity index (χ1v) is 6.70. The summed E-state index contributed by atoms with van der Waals surface area (Å²) in [6, 6.07) is 0.0532. The maximum absolute atomic E-state index is 11.8. The SMILES string of the molecule is CC(C)C(=O)N1CCC(NC(=O)CCC(=O)O)CC1. The zero-order chi connectivity index (χ0) is 14.4. The van der Waals surface area contributed by atoms with Gasteiger partial charge in [-0.3, -0.25) is 14.4 Å². The molecule has 6 nitrogen and oxygen atoms in total. The quantitative estimate of drug-likeness (QED) is 0.766. The number of nitrogens with one attached hydrogen (secondary N) is 1. The van der Waals surface area contributed by atoms with E-state index >= 15 is 0 Å². The van der Waals surface area contributed by atoms with Gasteiger partial charge < -0.3 is 15.3 Å². The van der Waals surface area contributed by atoms with Gasteiger partial charge in [0.2, 0.25) is 11.8 Å². The molecule has 1 rings (SSSR count). The van der Waals surface area contributed by atoms with E-state index < -0.39 is 5.97 Å². The summed E-state index contributed by atoms with van der Waals surface area (Å²) in [5.74, 6) is -1.04. The largest absolute Gasteiger partial charge is 0.481 e. The van der Waals surface area contributed by atoms with Crippen molar-refractivity contribution in [1.82, 2.24) is 10.2 Å². The Hall–Kier alpha value is -1.59. The van der Waals surface area contributed by atoms with E-state index in [9.17, 15) is 14.4 Å². The predicted molar refractivity (Wildman–Crippen MR) is 69.5 cm³/mol. The lowest BCUT2D eigenvalue weighted by Crippen LogP contribution is -2.47. The Labute approximate surface area is 113 Å². The fourth-order valence-electron chi connectivity index (χ4n) is 2.13. The number of rotatable bonds is 5. The standard InChI is InChI=1S/C13H22N2O4/c1-9(2)13(19)15-7-5-10(6-8-15)14-11(16)3-4-12(17)18/h9-10H,3-8H2,1-2H3,(H,14,16)(H,17,18). The summed E-state index contributed by atoms with van der Waals surface area (Å²) in [6.45, 7) is 5.06. The highest BCUT2D eigenvalue weighted by Gasteiger charge is 2.24. The van der Waals surface area contributed by atoms with Crippen LogP contribution in [0, 0.1) is 5.92 Å². The summed E-state index contributed by atoms with van der Waals surface area (Å²) in [5.41, 5.74) is 0. The number of aliphatic carboxylic acids is 1. The van der Waals surface area contributed by atoms with E-state index in [0.717, 1.165) is 12.8 Å². The Balaban J connectivity index is 2.28. The fourth-order valence-corrected chi connectivity index (χ4v) is 2.13. The van der Waals surface area contributed by atoms with Gasteiger partial charge in [-0.25, -0.2) is 0 Å². The molecule has 0 unspecified atom stereocenters. The lowest BCUT2D eigenvalue weighted by molar-refractivity contribution is -0.139. The van der Waals surface area contributed by atoms with Crippen LogP contribution in [0.5, 0.6) is 0 Å². The highest BCUT2D eigenvalue weighted by atomic mass is 16.4. The van der Waals surface area contributed by atoms with Crippen LogP contribution in [0.4, 0.5) is 0 Å². The average Bonchev–Trinajstić information content (AvgIpc) is 2.36. The molecule has 0 saturated carbocycles. The maximum Gasteiger partial charge on any atom is 0.303 e. The Morgan fingerprint density at radius 3 is 2.26 bits per heavy atom. The van der Waals surface area contributed by atoms with Gasteiger partial charge in [0.1, 0.15) is 0 Å². The number of carbonyl (C=O) groups excluding carboxylic acids is 2. The van der Waals surface area contributed by atoms with Gasteiger partial charge in [-0.2, -0.15) is 0 Å². The highest BCUT2D eigenvalue weighted by Crippen LogP contribution is 2.13. The van der Waals surface area contributed by atoms with Gasteiger partial charge >= 0.3 is 5.97 Å². The molecule has 0 atom stereocenters. The van der Waals surface area contributed by atoms with Crippen molar-refractivity contribution < 1.29 is 19.5 Å². The van der Waals surface area contributed by atoms with Crippen LogP contribution in [0.25, 0.3) is 0 Å². The van der Waals surface area contributed by atoms with E-state index in [4.69, 9.17) is 5.11 Å². The third-order valence-electron chi connectivity index (χ3n) is 3.23. The van der Waals surface area contributed by atoms with Crippen molar-refractivity contribution in [2.24, 2.45) is 5.92 Å². The normalized spacial score (nSPS) is 16.5. The minimum Gasteiger partial charge on any atom is -0.481 e. The molecule has 2 N–H and O–H groups in total. The second kappa shape index (κ2) is 7.11. The van der Waals surface area contributed by atoms with Gasteiger partial charge in [0, 0.05) is 31.5 Å². The minimum absolute atomic E-state index is 0.00158. The molecule has 0 aromatic carbocycles. The van der Waals surface area contributed by atoms with E-state index in [1.165, 1.54) is 0 Å². The number of nitrogens with zero attached hydrogens (tertiary/aromatic N) is 1. The fraction of sp³-hybridized carbons (Fsp3) is 0.769. The Kier molecular flexibility index (Phi) is 5.79. The molecule has 0 bridgehead atoms. The summed E-state index contributed by atoms with van der Waals surface area (Å²) in [7, 11) is 0. The van der Waals surface area contributed by atoms with E-state index in [2.05, 4.69) is 5.32 Å². The molecule has 1 saturated heterocycles. The second-order valence-electron chi connectivity index (χ2n) is 5.22. The van der Waals surface area contributed by atoms with E-state index in [0.29, 0.717) is 13.1 Å². The molecule has 6 heteroatoms. The molecule has 0 aliphatic carbocycles. The molecule has 1 aliphatic rings. The van der Waals surface area contributed by atoms with Gasteiger partial charge in [0.05, 0.1) is 6.42 Å². The average molecular weight is 270 g/mol. The molecule has 1 aliphatic heterocycles. The van der Waals surface area contributed by atoms with E-state index in [-0.39, 0.29) is 36.6 Å². The van der Waals surface area contributed by atoms with Crippen molar-refractivity contribution in [3.63, 3.8) is 0 Å². The number of likely N-dealkylation sites (tertiary alicyclic amines) is 1. The van der Waals surface area contributed by atoms with Crippen LogP contribution in [0.2, 0.25) is 0 Å². The summed E-state index contributed by atoms with van der Waals surface area (Å²) in [4.78, 5) is 35.4. The number of hydrogen-bond acceptors (Lipinski definition) is 3. The topological polar surface area (TPSA) is 86.7 Å². The lowest BCUT2D eigenvalue weighted by Gasteiger charge is -2.33. The predicted octanol–water partition coefficient (Wildman–Crippen LogP) is 0.614. The Morgan fingerprint density at radius 1 is 1.21 bits per heavy atom. The van der Waals surface area contributed by atoms with E-state index in [1.54, 1.807) is 0 Å². The van der Waals surface area contributed by atoms with Crippen molar-refractivity contribution in [2.75, 3.05) is 13.1 Å². The van der Waals surface area contributed by atoms with Crippen LogP contribution >= 0.6 is 0 Å². The second-order valence-corrected chi connectivity index (χ2v) is 5.22. The van der Waals surface area contributed by atoms with Gasteiger partial charge in [0.25, 0.3) is 0 Å². The van der Waals surface area contributed by atoms with Crippen LogP contribution in [-0.4, -0.2) is 46.9 Å². The van der Waals surface area contributed by atoms with Gasteiger partial charge in [0.15, 0.2) is 0 Å². The molecule has 0 aromatic rings. The number of carboxylic acids is 1. The third-order valence-corrected chi connectivity index (χ3v) is 3.23. The molecule has 1 fully saturated rings. The van der Waals surface area contributed by atoms with Gasteiger partial charge in [-0.1, -0.05) is 13.8 Å². The smallest absolute Gasteiger partial charge is 0.303 e. The highest BCUT2D eigenvalue weighted by molar-refractivity contribution is 5.81. The van der Waals surface area contributed by atoms with Crippen molar-refractivity contribution in [3.8, 4) is 0 Å². The molecule has 108 valence electrons. The number of piperidine rings is 1. The molecular formula is C13H22N2O4. The lowest BCUT2D eigenvalue weighted by atomic mass is 10.0. The molecule has 0 aromatic heterocycles. The van der Waals surface area contributed by atoms with Crippen LogP contribution in [0.1, 0.15) is 39.5 Å². The maximum atomic E-state index is 11.8. The van der Waals surface area contributed by atoms with Gasteiger partial charge in [-0.15, -0.1) is 0 Å². The zero-order valence-corrected chi connectivity index (χ0v) is 11.5. The van der Waals surface area contributed by atoms with Crippen molar-refractivity contribution in [1.29, 1.82) is 0 Å². The molecular weight excluding hydrogens is 248 g/mol. The first-order valence-electron chi connectivity index (χ1n) is 6.70. The minimum atomic E-state index is -0.965. The van der Waals surface area contributed by atoms with E-state index in [1.807, 2.05) is 18.7 Å². The van der Waals surface area contributed by atoms with Crippen molar-refractivity contribution in [3.05, 3.63) is 0 Å². The van der Waals surface area contributed by atoms with Crippen LogP contribution in [0.15, 0.2) is 0 Å². The summed E-state index contributed by atoms with van der Waals surface area (Å²) >= 11 is 0. The number of carboxylic acid groups (broad SMARTS) is 1. The Bertz CT molecular complexity index is 347. The summed E-state index contributed by atoms with van der Waals surface area (Å²) in [5, 5.41) is 11.3. The first kappa shape index (κ1) is 15.5. The Morgan fingerprint density at radius 2 is 1.79 bits per heavy atom. The summed E-state index contributed by atoms with van der Waals surface area (Å²) in [6.07, 6.45) is 1.34. The molecule has 0 radical (unpaired) electrons. The zero-order valence-electron chi connectivity index (χ0n) is 11.5. The number of hydrogen-bond donors (Lipinski definition) is 2. The summed E-state index contributed by atoms with van der Waals surface area (Å²) < 4.78 is 0. The van der Waals surface area contributed by atoms with Crippen molar-refractivity contribution in [2.45, 2.75) is 45.6 Å².